The Morgan fingerprint density at radius 2 is 0.523 bits per heavy atom. The molecule has 0 N–H and O–H groups in total. The lowest BCUT2D eigenvalue weighted by atomic mass is 9.98. The topological polar surface area (TPSA) is 9.86 Å². The van der Waals surface area contributed by atoms with Crippen LogP contribution in [0.25, 0.3) is 77.2 Å². The number of rotatable bonds is 4. The van der Waals surface area contributed by atoms with E-state index in [4.69, 9.17) is 0 Å². The summed E-state index contributed by atoms with van der Waals surface area (Å²) in [4.78, 5) is 0. The van der Waals surface area contributed by atoms with E-state index in [1.807, 2.05) is 0 Å². The van der Waals surface area contributed by atoms with E-state index in [-0.39, 0.29) is 0 Å². The van der Waals surface area contributed by atoms with E-state index in [1.165, 1.54) is 77.2 Å². The summed E-state index contributed by atoms with van der Waals surface area (Å²) in [5.41, 5.74) is 12.1. The van der Waals surface area contributed by atoms with Gasteiger partial charge in [0.15, 0.2) is 0 Å². The molecule has 2 aromatic heterocycles. The number of fused-ring (bicyclic) bond motifs is 6. The summed E-state index contributed by atoms with van der Waals surface area (Å²) in [7, 11) is 0. The quantitative estimate of drug-likeness (QED) is 0.203. The van der Waals surface area contributed by atoms with Gasteiger partial charge in [0.2, 0.25) is 0 Å². The second-order valence-corrected chi connectivity index (χ2v) is 11.4. The van der Waals surface area contributed by atoms with Crippen molar-refractivity contribution < 1.29 is 0 Å². The molecule has 2 heterocycles. The minimum atomic E-state index is 1.18. The number of hydrogen-bond acceptors (Lipinski definition) is 0. The first-order valence-electron chi connectivity index (χ1n) is 15.1. The Morgan fingerprint density at radius 1 is 0.250 bits per heavy atom. The molecule has 0 aliphatic heterocycles. The van der Waals surface area contributed by atoms with Crippen molar-refractivity contribution >= 4 is 43.6 Å². The first kappa shape index (κ1) is 24.7. The van der Waals surface area contributed by atoms with E-state index >= 15 is 0 Å². The fraction of sp³-hybridized carbons (Fsp3) is 0. The normalized spacial score (nSPS) is 11.6. The van der Waals surface area contributed by atoms with Crippen molar-refractivity contribution in [1.82, 2.24) is 9.13 Å². The van der Waals surface area contributed by atoms with Crippen LogP contribution in [0.5, 0.6) is 0 Å². The van der Waals surface area contributed by atoms with Crippen LogP contribution in [-0.2, 0) is 0 Å². The second kappa shape index (κ2) is 9.86. The lowest BCUT2D eigenvalue weighted by molar-refractivity contribution is 1.18. The van der Waals surface area contributed by atoms with Gasteiger partial charge in [-0.3, -0.25) is 0 Å². The summed E-state index contributed by atoms with van der Waals surface area (Å²) >= 11 is 0. The fourth-order valence-corrected chi connectivity index (χ4v) is 7.02. The van der Waals surface area contributed by atoms with Gasteiger partial charge in [-0.05, 0) is 47.5 Å². The third kappa shape index (κ3) is 3.68. The summed E-state index contributed by atoms with van der Waals surface area (Å²) < 4.78 is 4.82. The highest BCUT2D eigenvalue weighted by Crippen LogP contribution is 2.39. The predicted molar refractivity (Wildman–Crippen MR) is 186 cm³/mol. The van der Waals surface area contributed by atoms with E-state index < -0.39 is 0 Å². The molecule has 7 aromatic carbocycles. The largest absolute Gasteiger partial charge is 0.309 e. The van der Waals surface area contributed by atoms with Gasteiger partial charge in [0.1, 0.15) is 0 Å². The van der Waals surface area contributed by atoms with E-state index in [0.717, 1.165) is 0 Å². The van der Waals surface area contributed by atoms with Gasteiger partial charge in [0.05, 0.1) is 33.4 Å². The van der Waals surface area contributed by atoms with Crippen molar-refractivity contribution in [2.45, 2.75) is 0 Å². The molecule has 0 amide bonds. The predicted octanol–water partition coefficient (Wildman–Crippen LogP) is 11.2. The molecule has 0 aliphatic carbocycles. The average molecular weight is 561 g/mol. The number of para-hydroxylation sites is 6. The van der Waals surface area contributed by atoms with Crippen molar-refractivity contribution in [3.63, 3.8) is 0 Å². The highest BCUT2D eigenvalue weighted by Gasteiger charge is 2.17. The van der Waals surface area contributed by atoms with Crippen LogP contribution in [0, 0.1) is 0 Å². The van der Waals surface area contributed by atoms with Gasteiger partial charge in [-0.2, -0.15) is 0 Å². The monoisotopic (exact) mass is 560 g/mol. The minimum absolute atomic E-state index is 1.18. The second-order valence-electron chi connectivity index (χ2n) is 11.4. The van der Waals surface area contributed by atoms with Gasteiger partial charge in [-0.1, -0.05) is 133 Å². The SMILES string of the molecule is c1ccc(-n2c3ccccc3c3ccccc32)c(-c2ccc(-c3ccccc3-n3c4ccccc4c4ccccc43)cc2)c1. The van der Waals surface area contributed by atoms with Crippen LogP contribution in [-0.4, -0.2) is 9.13 Å². The number of hydrogen-bond donors (Lipinski definition) is 0. The molecular formula is C42H28N2. The standard InChI is InChI=1S/C42H28N2/c1-7-19-37(43-39-21-9-3-15-33(39)34-16-4-10-22-40(34)43)31(13-1)29-25-27-30(28-26-29)32-14-2-8-20-38(32)44-41-23-11-5-17-35(41)36-18-6-12-24-42(36)44/h1-28H. The van der Waals surface area contributed by atoms with Gasteiger partial charge in [0, 0.05) is 32.7 Å². The molecule has 0 atom stereocenters. The third-order valence-electron chi connectivity index (χ3n) is 8.96. The average Bonchev–Trinajstić information content (AvgIpc) is 3.61. The summed E-state index contributed by atoms with van der Waals surface area (Å²) in [5.74, 6) is 0. The lowest BCUT2D eigenvalue weighted by Gasteiger charge is -2.16. The molecule has 0 radical (unpaired) electrons. The van der Waals surface area contributed by atoms with Crippen LogP contribution in [0.2, 0.25) is 0 Å². The zero-order chi connectivity index (χ0) is 29.0. The van der Waals surface area contributed by atoms with Crippen molar-refractivity contribution in [3.05, 3.63) is 170 Å². The van der Waals surface area contributed by atoms with E-state index in [1.54, 1.807) is 0 Å². The molecule has 44 heavy (non-hydrogen) atoms. The Kier molecular flexibility index (Phi) is 5.54. The zero-order valence-electron chi connectivity index (χ0n) is 24.1. The maximum atomic E-state index is 2.41. The first-order valence-corrected chi connectivity index (χ1v) is 15.1. The van der Waals surface area contributed by atoms with E-state index in [2.05, 4.69) is 179 Å². The van der Waals surface area contributed by atoms with Crippen LogP contribution in [0.15, 0.2) is 170 Å². The van der Waals surface area contributed by atoms with Gasteiger partial charge in [0.25, 0.3) is 0 Å². The summed E-state index contributed by atoms with van der Waals surface area (Å²) in [6.07, 6.45) is 0. The van der Waals surface area contributed by atoms with Gasteiger partial charge in [-0.25, -0.2) is 0 Å². The summed E-state index contributed by atoms with van der Waals surface area (Å²) in [6, 6.07) is 61.4. The third-order valence-corrected chi connectivity index (χ3v) is 8.96. The molecule has 9 aromatic rings. The molecule has 0 spiro atoms. The van der Waals surface area contributed by atoms with Crippen molar-refractivity contribution in [2.75, 3.05) is 0 Å². The van der Waals surface area contributed by atoms with E-state index in [9.17, 15) is 0 Å². The smallest absolute Gasteiger partial charge is 0.0541 e. The Morgan fingerprint density at radius 3 is 0.864 bits per heavy atom. The van der Waals surface area contributed by atoms with Crippen LogP contribution < -0.4 is 0 Å². The molecule has 0 saturated heterocycles. The number of nitrogens with zero attached hydrogens (tertiary/aromatic N) is 2. The fourth-order valence-electron chi connectivity index (χ4n) is 7.02. The van der Waals surface area contributed by atoms with Crippen LogP contribution in [0.3, 0.4) is 0 Å². The van der Waals surface area contributed by atoms with Gasteiger partial charge >= 0.3 is 0 Å². The van der Waals surface area contributed by atoms with Crippen LogP contribution in [0.4, 0.5) is 0 Å². The molecule has 0 aliphatic rings. The van der Waals surface area contributed by atoms with E-state index in [0.29, 0.717) is 0 Å². The van der Waals surface area contributed by atoms with Crippen molar-refractivity contribution in [3.8, 4) is 33.6 Å². The molecule has 0 fully saturated rings. The van der Waals surface area contributed by atoms with Gasteiger partial charge < -0.3 is 9.13 Å². The number of benzene rings is 7. The molecular weight excluding hydrogens is 532 g/mol. The van der Waals surface area contributed by atoms with Gasteiger partial charge in [-0.15, -0.1) is 0 Å². The van der Waals surface area contributed by atoms with Crippen molar-refractivity contribution in [1.29, 1.82) is 0 Å². The maximum Gasteiger partial charge on any atom is 0.0541 e. The Bertz CT molecular complexity index is 2210. The molecule has 0 saturated carbocycles. The van der Waals surface area contributed by atoms with Crippen molar-refractivity contribution in [2.24, 2.45) is 0 Å². The minimum Gasteiger partial charge on any atom is -0.309 e. The molecule has 2 nitrogen and oxygen atoms in total. The summed E-state index contributed by atoms with van der Waals surface area (Å²) in [6.45, 7) is 0. The molecule has 2 heteroatoms. The highest BCUT2D eigenvalue weighted by molar-refractivity contribution is 6.10. The highest BCUT2D eigenvalue weighted by atomic mass is 15.0. The number of aromatic nitrogens is 2. The Balaban J connectivity index is 1.19. The van der Waals surface area contributed by atoms with Crippen LogP contribution in [0.1, 0.15) is 0 Å². The zero-order valence-corrected chi connectivity index (χ0v) is 24.1. The molecule has 0 bridgehead atoms. The van der Waals surface area contributed by atoms with Crippen LogP contribution >= 0.6 is 0 Å². The Hall–Kier alpha value is -5.86. The summed E-state index contributed by atoms with van der Waals surface area (Å²) in [5, 5.41) is 5.09. The molecule has 0 unspecified atom stereocenters. The lowest BCUT2D eigenvalue weighted by Crippen LogP contribution is -1.98. The Labute approximate surface area is 255 Å². The first-order chi connectivity index (χ1) is 21.9. The molecule has 9 rings (SSSR count). The maximum absolute atomic E-state index is 2.41. The molecule has 206 valence electrons.